The molecule has 0 aliphatic carbocycles. The Labute approximate surface area is 226 Å². The first-order valence-corrected chi connectivity index (χ1v) is 13.0. The Morgan fingerprint density at radius 3 is 2.21 bits per heavy atom. The highest BCUT2D eigenvalue weighted by Crippen LogP contribution is 2.27. The molecular formula is C30H32F2N4O3. The number of piperazine rings is 1. The van der Waals surface area contributed by atoms with Gasteiger partial charge in [0.25, 0.3) is 11.8 Å². The Kier molecular flexibility index (Phi) is 8.91. The topological polar surface area (TPSA) is 81.8 Å². The van der Waals surface area contributed by atoms with E-state index in [1.165, 1.54) is 30.3 Å². The molecule has 9 heteroatoms. The molecule has 0 unspecified atom stereocenters. The molecule has 3 amide bonds. The van der Waals surface area contributed by atoms with Crippen LogP contribution in [-0.4, -0.2) is 48.8 Å². The van der Waals surface area contributed by atoms with E-state index in [-0.39, 0.29) is 35.7 Å². The van der Waals surface area contributed by atoms with E-state index in [0.717, 1.165) is 5.56 Å². The molecule has 204 valence electrons. The number of amides is 3. The number of anilines is 2. The van der Waals surface area contributed by atoms with Gasteiger partial charge in [-0.1, -0.05) is 38.1 Å². The standard InChI is InChI=1S/C30H32F2N4O3/c1-20(2)17-28(37)36-15-13-35(14-16-36)27-12-11-23(34-30(39)24-5-3-4-6-26(24)32)18-25(27)29(38)33-19-21-7-9-22(31)10-8-21/h3-12,18,20H,13-17,19H2,1-2H3,(H,33,38)(H,34,39). The molecule has 1 aliphatic heterocycles. The molecule has 2 N–H and O–H groups in total. The van der Waals surface area contributed by atoms with Gasteiger partial charge in [0, 0.05) is 50.5 Å². The van der Waals surface area contributed by atoms with Crippen molar-refractivity contribution in [3.63, 3.8) is 0 Å². The highest BCUT2D eigenvalue weighted by atomic mass is 19.1. The van der Waals surface area contributed by atoms with E-state index in [1.807, 2.05) is 23.6 Å². The first-order valence-electron chi connectivity index (χ1n) is 13.0. The van der Waals surface area contributed by atoms with Crippen LogP contribution < -0.4 is 15.5 Å². The summed E-state index contributed by atoms with van der Waals surface area (Å²) in [5.74, 6) is -1.62. The molecule has 0 bridgehead atoms. The summed E-state index contributed by atoms with van der Waals surface area (Å²) in [6.45, 7) is 6.37. The molecular weight excluding hydrogens is 502 g/mol. The van der Waals surface area contributed by atoms with Crippen LogP contribution in [0.15, 0.2) is 66.7 Å². The van der Waals surface area contributed by atoms with E-state index in [0.29, 0.717) is 49.5 Å². The van der Waals surface area contributed by atoms with Gasteiger partial charge in [-0.3, -0.25) is 14.4 Å². The second-order valence-corrected chi connectivity index (χ2v) is 9.94. The lowest BCUT2D eigenvalue weighted by molar-refractivity contribution is -0.132. The second-order valence-electron chi connectivity index (χ2n) is 9.94. The van der Waals surface area contributed by atoms with Gasteiger partial charge in [-0.15, -0.1) is 0 Å². The van der Waals surface area contributed by atoms with Crippen LogP contribution in [0.25, 0.3) is 0 Å². The van der Waals surface area contributed by atoms with Crippen molar-refractivity contribution in [3.05, 3.63) is 95.1 Å². The minimum atomic E-state index is -0.645. The molecule has 0 atom stereocenters. The molecule has 3 aromatic carbocycles. The van der Waals surface area contributed by atoms with E-state index in [2.05, 4.69) is 10.6 Å². The third-order valence-corrected chi connectivity index (χ3v) is 6.54. The maximum atomic E-state index is 14.1. The number of nitrogens with zero attached hydrogens (tertiary/aromatic N) is 2. The van der Waals surface area contributed by atoms with Gasteiger partial charge in [-0.25, -0.2) is 8.78 Å². The zero-order valence-electron chi connectivity index (χ0n) is 22.0. The summed E-state index contributed by atoms with van der Waals surface area (Å²) < 4.78 is 27.4. The van der Waals surface area contributed by atoms with Gasteiger partial charge in [-0.2, -0.15) is 0 Å². The molecule has 0 radical (unpaired) electrons. The lowest BCUT2D eigenvalue weighted by atomic mass is 10.1. The van der Waals surface area contributed by atoms with Gasteiger partial charge in [-0.05, 0) is 53.9 Å². The SMILES string of the molecule is CC(C)CC(=O)N1CCN(c2ccc(NC(=O)c3ccccc3F)cc2C(=O)NCc2ccc(F)cc2)CC1. The zero-order valence-corrected chi connectivity index (χ0v) is 22.0. The molecule has 1 aliphatic rings. The van der Waals surface area contributed by atoms with E-state index in [1.54, 1.807) is 36.4 Å². The third-order valence-electron chi connectivity index (χ3n) is 6.54. The van der Waals surface area contributed by atoms with Crippen LogP contribution in [0, 0.1) is 17.6 Å². The van der Waals surface area contributed by atoms with Crippen LogP contribution in [0.1, 0.15) is 46.5 Å². The Morgan fingerprint density at radius 2 is 1.54 bits per heavy atom. The fraction of sp³-hybridized carbons (Fsp3) is 0.300. The van der Waals surface area contributed by atoms with Gasteiger partial charge < -0.3 is 20.4 Å². The maximum absolute atomic E-state index is 14.1. The highest BCUT2D eigenvalue weighted by Gasteiger charge is 2.25. The van der Waals surface area contributed by atoms with E-state index in [9.17, 15) is 23.2 Å². The number of hydrogen-bond acceptors (Lipinski definition) is 4. The summed E-state index contributed by atoms with van der Waals surface area (Å²) in [5, 5.41) is 5.53. The van der Waals surface area contributed by atoms with Gasteiger partial charge in [0.05, 0.1) is 11.1 Å². The molecule has 7 nitrogen and oxygen atoms in total. The summed E-state index contributed by atoms with van der Waals surface area (Å²) >= 11 is 0. The molecule has 3 aromatic rings. The fourth-order valence-corrected chi connectivity index (χ4v) is 4.47. The van der Waals surface area contributed by atoms with Crippen molar-refractivity contribution >= 4 is 29.1 Å². The zero-order chi connectivity index (χ0) is 27.9. The predicted molar refractivity (Wildman–Crippen MR) is 147 cm³/mol. The second kappa shape index (κ2) is 12.5. The van der Waals surface area contributed by atoms with Crippen LogP contribution >= 0.6 is 0 Å². The van der Waals surface area contributed by atoms with E-state index >= 15 is 0 Å². The maximum Gasteiger partial charge on any atom is 0.258 e. The van der Waals surface area contributed by atoms with Gasteiger partial charge >= 0.3 is 0 Å². The van der Waals surface area contributed by atoms with Crippen LogP contribution in [0.5, 0.6) is 0 Å². The van der Waals surface area contributed by atoms with Gasteiger partial charge in [0.1, 0.15) is 11.6 Å². The monoisotopic (exact) mass is 534 g/mol. The minimum absolute atomic E-state index is 0.105. The molecule has 4 rings (SSSR count). The molecule has 1 saturated heterocycles. The highest BCUT2D eigenvalue weighted by molar-refractivity contribution is 6.06. The first-order chi connectivity index (χ1) is 18.7. The van der Waals surface area contributed by atoms with Crippen molar-refractivity contribution < 1.29 is 23.2 Å². The average molecular weight is 535 g/mol. The minimum Gasteiger partial charge on any atom is -0.367 e. The molecule has 0 aromatic heterocycles. The average Bonchev–Trinajstić information content (AvgIpc) is 2.92. The summed E-state index contributed by atoms with van der Waals surface area (Å²) in [6.07, 6.45) is 0.493. The van der Waals surface area contributed by atoms with Crippen molar-refractivity contribution in [3.8, 4) is 0 Å². The quantitative estimate of drug-likeness (QED) is 0.433. The van der Waals surface area contributed by atoms with Crippen molar-refractivity contribution in [2.75, 3.05) is 36.4 Å². The lowest BCUT2D eigenvalue weighted by Gasteiger charge is -2.37. The predicted octanol–water partition coefficient (Wildman–Crippen LogP) is 4.84. The Balaban J connectivity index is 1.54. The Morgan fingerprint density at radius 1 is 0.846 bits per heavy atom. The van der Waals surface area contributed by atoms with Gasteiger partial charge in [0.2, 0.25) is 5.91 Å². The number of nitrogens with one attached hydrogen (secondary N) is 2. The van der Waals surface area contributed by atoms with E-state index < -0.39 is 11.7 Å². The van der Waals surface area contributed by atoms with E-state index in [4.69, 9.17) is 0 Å². The molecule has 39 heavy (non-hydrogen) atoms. The number of carbonyl (C=O) groups is 3. The van der Waals surface area contributed by atoms with Crippen LogP contribution in [-0.2, 0) is 11.3 Å². The van der Waals surface area contributed by atoms with Crippen molar-refractivity contribution in [1.29, 1.82) is 0 Å². The van der Waals surface area contributed by atoms with Crippen molar-refractivity contribution in [1.82, 2.24) is 10.2 Å². The third kappa shape index (κ3) is 7.19. The van der Waals surface area contributed by atoms with Gasteiger partial charge in [0.15, 0.2) is 0 Å². The number of benzene rings is 3. The van der Waals surface area contributed by atoms with Crippen LogP contribution in [0.2, 0.25) is 0 Å². The lowest BCUT2D eigenvalue weighted by Crippen LogP contribution is -2.49. The van der Waals surface area contributed by atoms with Crippen LogP contribution in [0.3, 0.4) is 0 Å². The molecule has 1 heterocycles. The normalized spacial score (nSPS) is 13.4. The Hall–Kier alpha value is -4.27. The van der Waals surface area contributed by atoms with Crippen molar-refractivity contribution in [2.24, 2.45) is 5.92 Å². The summed E-state index contributed by atoms with van der Waals surface area (Å²) in [6, 6.07) is 16.5. The smallest absolute Gasteiger partial charge is 0.258 e. The fourth-order valence-electron chi connectivity index (χ4n) is 4.47. The number of hydrogen-bond donors (Lipinski definition) is 2. The number of carbonyl (C=O) groups excluding carboxylic acids is 3. The van der Waals surface area contributed by atoms with Crippen molar-refractivity contribution in [2.45, 2.75) is 26.8 Å². The molecule has 1 fully saturated rings. The summed E-state index contributed by atoms with van der Waals surface area (Å²) in [4.78, 5) is 42.4. The first kappa shape index (κ1) is 27.8. The molecule has 0 saturated carbocycles. The Bertz CT molecular complexity index is 1340. The summed E-state index contributed by atoms with van der Waals surface area (Å²) in [5.41, 5.74) is 1.94. The van der Waals surface area contributed by atoms with Crippen LogP contribution in [0.4, 0.5) is 20.2 Å². The largest absolute Gasteiger partial charge is 0.367 e. The number of halogens is 2. The molecule has 0 spiro atoms. The number of rotatable bonds is 8. The summed E-state index contributed by atoms with van der Waals surface area (Å²) in [7, 11) is 0.